The number of hydrogen-bond acceptors (Lipinski definition) is 6. The van der Waals surface area contributed by atoms with Crippen LogP contribution in [0.15, 0.2) is 60.9 Å². The molecule has 0 unspecified atom stereocenters. The summed E-state index contributed by atoms with van der Waals surface area (Å²) in [6.07, 6.45) is 1.46. The number of ether oxygens (including phenoxy) is 1. The first kappa shape index (κ1) is 17.9. The van der Waals surface area contributed by atoms with Gasteiger partial charge in [0.2, 0.25) is 0 Å². The predicted molar refractivity (Wildman–Crippen MR) is 103 cm³/mol. The molecule has 1 aromatic heterocycles. The van der Waals surface area contributed by atoms with Crippen LogP contribution in [0.4, 0.5) is 20.2 Å². The molecule has 3 aromatic carbocycles. The van der Waals surface area contributed by atoms with Crippen molar-refractivity contribution in [2.24, 2.45) is 0 Å². The van der Waals surface area contributed by atoms with Gasteiger partial charge in [-0.25, -0.2) is 13.5 Å². The smallest absolute Gasteiger partial charge is 0.197 e. The van der Waals surface area contributed by atoms with E-state index in [0.717, 1.165) is 12.1 Å². The van der Waals surface area contributed by atoms with Crippen LogP contribution < -0.4 is 10.1 Å². The van der Waals surface area contributed by atoms with E-state index in [1.807, 2.05) is 0 Å². The van der Waals surface area contributed by atoms with Gasteiger partial charge in [-0.1, -0.05) is 0 Å². The number of hydrogen-bond donors (Lipinski definition) is 1. The molecular weight excluding hydrogens is 392 g/mol. The maximum absolute atomic E-state index is 13.9. The maximum atomic E-state index is 13.9. The average Bonchev–Trinajstić information content (AvgIpc) is 3.24. The van der Waals surface area contributed by atoms with Crippen LogP contribution in [0.3, 0.4) is 0 Å². The van der Waals surface area contributed by atoms with Crippen LogP contribution in [0, 0.1) is 11.6 Å². The van der Waals surface area contributed by atoms with Crippen molar-refractivity contribution < 1.29 is 18.3 Å². The van der Waals surface area contributed by atoms with Gasteiger partial charge in [0.15, 0.2) is 5.78 Å². The van der Waals surface area contributed by atoms with Crippen molar-refractivity contribution in [2.75, 3.05) is 5.32 Å². The number of aromatic nitrogens is 4. The van der Waals surface area contributed by atoms with Crippen LogP contribution in [0.1, 0.15) is 21.5 Å². The normalized spacial score (nSPS) is 12.5. The molecule has 1 aliphatic rings. The molecule has 5 rings (SSSR count). The molecule has 0 spiro atoms. The molecule has 148 valence electrons. The lowest BCUT2D eigenvalue weighted by molar-refractivity contribution is 0.103. The van der Waals surface area contributed by atoms with Crippen LogP contribution in [-0.2, 0) is 6.61 Å². The van der Waals surface area contributed by atoms with E-state index in [1.54, 1.807) is 36.4 Å². The standard InChI is InChI=1S/C21H13F2N5O2/c22-13-1-6-19(18(23)8-13)25-14-2-4-17-20(9-14)30-10-12-7-15(28-11-24-26-27-28)3-5-16(12)21(17)29/h1-9,11,25H,10H2. The van der Waals surface area contributed by atoms with Crippen LogP contribution >= 0.6 is 0 Å². The van der Waals surface area contributed by atoms with E-state index in [2.05, 4.69) is 20.8 Å². The Morgan fingerprint density at radius 3 is 2.67 bits per heavy atom. The second kappa shape index (κ2) is 7.03. The molecule has 0 atom stereocenters. The van der Waals surface area contributed by atoms with E-state index in [0.29, 0.717) is 33.8 Å². The monoisotopic (exact) mass is 405 g/mol. The summed E-state index contributed by atoms with van der Waals surface area (Å²) >= 11 is 0. The minimum absolute atomic E-state index is 0.116. The predicted octanol–water partition coefficient (Wildman–Crippen LogP) is 3.81. The maximum Gasteiger partial charge on any atom is 0.197 e. The highest BCUT2D eigenvalue weighted by Crippen LogP contribution is 2.33. The van der Waals surface area contributed by atoms with Crippen molar-refractivity contribution in [2.45, 2.75) is 6.61 Å². The quantitative estimate of drug-likeness (QED) is 0.558. The number of halogens is 2. The second-order valence-corrected chi connectivity index (χ2v) is 6.67. The fourth-order valence-electron chi connectivity index (χ4n) is 3.30. The molecule has 7 nitrogen and oxygen atoms in total. The van der Waals surface area contributed by atoms with E-state index in [1.165, 1.54) is 17.1 Å². The molecule has 9 heteroatoms. The summed E-state index contributed by atoms with van der Waals surface area (Å²) in [6.45, 7) is 0.165. The lowest BCUT2D eigenvalue weighted by atomic mass is 9.98. The molecule has 1 N–H and O–H groups in total. The molecular formula is C21H13F2N5O2. The molecule has 0 amide bonds. The number of carbonyl (C=O) groups excluding carboxylic acids is 1. The van der Waals surface area contributed by atoms with Gasteiger partial charge in [0.25, 0.3) is 0 Å². The third-order valence-corrected chi connectivity index (χ3v) is 4.77. The van der Waals surface area contributed by atoms with Gasteiger partial charge in [-0.2, -0.15) is 0 Å². The number of tetrazole rings is 1. The summed E-state index contributed by atoms with van der Waals surface area (Å²) < 4.78 is 34.4. The van der Waals surface area contributed by atoms with Gasteiger partial charge in [0, 0.05) is 28.9 Å². The van der Waals surface area contributed by atoms with Gasteiger partial charge >= 0.3 is 0 Å². The van der Waals surface area contributed by atoms with Gasteiger partial charge in [0.1, 0.15) is 30.3 Å². The van der Waals surface area contributed by atoms with Gasteiger partial charge in [-0.3, -0.25) is 4.79 Å². The zero-order chi connectivity index (χ0) is 20.7. The summed E-state index contributed by atoms with van der Waals surface area (Å²) in [6, 6.07) is 13.4. The van der Waals surface area contributed by atoms with Crippen molar-refractivity contribution >= 4 is 17.2 Å². The first-order valence-corrected chi connectivity index (χ1v) is 8.98. The van der Waals surface area contributed by atoms with Crippen molar-refractivity contribution in [3.05, 3.63) is 89.2 Å². The number of anilines is 2. The van der Waals surface area contributed by atoms with Gasteiger partial charge < -0.3 is 10.1 Å². The summed E-state index contributed by atoms with van der Waals surface area (Å²) in [5.41, 5.74) is 2.95. The Morgan fingerprint density at radius 1 is 1.00 bits per heavy atom. The van der Waals surface area contributed by atoms with Crippen molar-refractivity contribution in [1.29, 1.82) is 0 Å². The van der Waals surface area contributed by atoms with E-state index in [4.69, 9.17) is 4.74 Å². The van der Waals surface area contributed by atoms with Crippen LogP contribution in [-0.4, -0.2) is 26.0 Å². The highest BCUT2D eigenvalue weighted by Gasteiger charge is 2.23. The van der Waals surface area contributed by atoms with Gasteiger partial charge in [0.05, 0.1) is 16.9 Å². The van der Waals surface area contributed by atoms with Crippen LogP contribution in [0.2, 0.25) is 0 Å². The highest BCUT2D eigenvalue weighted by molar-refractivity contribution is 6.12. The Kier molecular flexibility index (Phi) is 4.20. The number of fused-ring (bicyclic) bond motifs is 2. The Hall–Kier alpha value is -4.14. The molecule has 2 heterocycles. The van der Waals surface area contributed by atoms with Crippen LogP contribution in [0.5, 0.6) is 5.75 Å². The molecule has 0 fully saturated rings. The number of rotatable bonds is 3. The highest BCUT2D eigenvalue weighted by atomic mass is 19.1. The fourth-order valence-corrected chi connectivity index (χ4v) is 3.30. The number of nitrogens with zero attached hydrogens (tertiary/aromatic N) is 4. The van der Waals surface area contributed by atoms with Crippen molar-refractivity contribution in [3.63, 3.8) is 0 Å². The number of ketones is 1. The summed E-state index contributed by atoms with van der Waals surface area (Å²) in [5, 5.41) is 13.9. The van der Waals surface area contributed by atoms with Crippen molar-refractivity contribution in [3.8, 4) is 11.4 Å². The Labute approximate surface area is 168 Å². The third-order valence-electron chi connectivity index (χ3n) is 4.77. The molecule has 0 aliphatic carbocycles. The van der Waals surface area contributed by atoms with Gasteiger partial charge in [-0.15, -0.1) is 5.10 Å². The molecule has 4 aromatic rings. The third kappa shape index (κ3) is 3.16. The van der Waals surface area contributed by atoms with E-state index in [-0.39, 0.29) is 18.1 Å². The number of benzene rings is 3. The SMILES string of the molecule is O=C1c2ccc(-n3cnnn3)cc2COc2cc(Nc3ccc(F)cc3F)ccc21. The van der Waals surface area contributed by atoms with E-state index < -0.39 is 11.6 Å². The van der Waals surface area contributed by atoms with Gasteiger partial charge in [-0.05, 0) is 52.9 Å². The zero-order valence-electron chi connectivity index (χ0n) is 15.3. The largest absolute Gasteiger partial charge is 0.488 e. The minimum Gasteiger partial charge on any atom is -0.488 e. The number of carbonyl (C=O) groups is 1. The Bertz CT molecular complexity index is 1270. The molecule has 1 aliphatic heterocycles. The van der Waals surface area contributed by atoms with Crippen LogP contribution in [0.25, 0.3) is 5.69 Å². The molecule has 0 bridgehead atoms. The number of nitrogens with one attached hydrogen (secondary N) is 1. The Morgan fingerprint density at radius 2 is 1.87 bits per heavy atom. The molecule has 0 saturated carbocycles. The topological polar surface area (TPSA) is 81.9 Å². The van der Waals surface area contributed by atoms with E-state index in [9.17, 15) is 13.6 Å². The molecule has 0 saturated heterocycles. The zero-order valence-corrected chi connectivity index (χ0v) is 15.3. The fraction of sp³-hybridized carbons (Fsp3) is 0.0476. The molecule has 0 radical (unpaired) electrons. The lowest BCUT2D eigenvalue weighted by Gasteiger charge is -2.11. The summed E-state index contributed by atoms with van der Waals surface area (Å²) in [4.78, 5) is 13.0. The van der Waals surface area contributed by atoms with E-state index >= 15 is 0 Å². The first-order chi connectivity index (χ1) is 14.6. The molecule has 30 heavy (non-hydrogen) atoms. The summed E-state index contributed by atoms with van der Waals surface area (Å²) in [7, 11) is 0. The Balaban J connectivity index is 1.46. The lowest BCUT2D eigenvalue weighted by Crippen LogP contribution is -2.05. The minimum atomic E-state index is -0.718. The van der Waals surface area contributed by atoms with Crippen molar-refractivity contribution in [1.82, 2.24) is 20.2 Å². The average molecular weight is 405 g/mol. The summed E-state index contributed by atoms with van der Waals surface area (Å²) in [5.74, 6) is -1.19. The second-order valence-electron chi connectivity index (χ2n) is 6.67. The first-order valence-electron chi connectivity index (χ1n) is 8.98.